The molecule has 1 aliphatic rings. The van der Waals surface area contributed by atoms with Crippen LogP contribution in [-0.2, 0) is 4.74 Å². The maximum Gasteiger partial charge on any atom is 0.137 e. The van der Waals surface area contributed by atoms with Gasteiger partial charge in [0.25, 0.3) is 0 Å². The summed E-state index contributed by atoms with van der Waals surface area (Å²) in [6.45, 7) is 0.805. The highest BCUT2D eigenvalue weighted by Crippen LogP contribution is 2.28. The Morgan fingerprint density at radius 3 is 2.91 bits per heavy atom. The fourth-order valence-corrected chi connectivity index (χ4v) is 0.922. The molecule has 2 rings (SSSR count). The van der Waals surface area contributed by atoms with Crippen LogP contribution in [0.4, 0.5) is 0 Å². The van der Waals surface area contributed by atoms with E-state index in [-0.39, 0.29) is 6.10 Å². The molecule has 0 radical (unpaired) electrons. The first-order valence-electron chi connectivity index (χ1n) is 3.51. The van der Waals surface area contributed by atoms with Crippen LogP contribution in [0.15, 0.2) is 18.3 Å². The number of nitrogens with zero attached hydrogens (tertiary/aromatic N) is 1. The van der Waals surface area contributed by atoms with Gasteiger partial charge in [0, 0.05) is 0 Å². The van der Waals surface area contributed by atoms with E-state index in [4.69, 9.17) is 9.47 Å². The molecule has 1 aliphatic heterocycles. The lowest BCUT2D eigenvalue weighted by molar-refractivity contribution is 0.403. The molecule has 1 unspecified atom stereocenters. The number of hydrogen-bond acceptors (Lipinski definition) is 3. The maximum atomic E-state index is 5.06. The minimum atomic E-state index is 0.237. The van der Waals surface area contributed by atoms with Crippen molar-refractivity contribution in [2.45, 2.75) is 6.10 Å². The third-order valence-corrected chi connectivity index (χ3v) is 1.66. The van der Waals surface area contributed by atoms with Crippen LogP contribution in [0.1, 0.15) is 11.8 Å². The summed E-state index contributed by atoms with van der Waals surface area (Å²) in [5.41, 5.74) is 0.991. The third-order valence-electron chi connectivity index (χ3n) is 1.66. The molecule has 3 heteroatoms. The summed E-state index contributed by atoms with van der Waals surface area (Å²) in [6.07, 6.45) is 1.94. The van der Waals surface area contributed by atoms with Crippen LogP contribution in [0, 0.1) is 0 Å². The zero-order valence-corrected chi connectivity index (χ0v) is 6.28. The molecule has 0 N–H and O–H groups in total. The Morgan fingerprint density at radius 2 is 2.45 bits per heavy atom. The van der Waals surface area contributed by atoms with Crippen molar-refractivity contribution in [2.75, 3.05) is 13.7 Å². The predicted octanol–water partition coefficient (Wildman–Crippen LogP) is 1.16. The van der Waals surface area contributed by atoms with Crippen LogP contribution >= 0.6 is 0 Å². The minimum Gasteiger partial charge on any atom is -0.495 e. The molecule has 0 amide bonds. The summed E-state index contributed by atoms with van der Waals surface area (Å²) in [5.74, 6) is 0.786. The summed E-state index contributed by atoms with van der Waals surface area (Å²) in [6, 6.07) is 3.82. The van der Waals surface area contributed by atoms with E-state index < -0.39 is 0 Å². The van der Waals surface area contributed by atoms with Gasteiger partial charge in [-0.15, -0.1) is 0 Å². The van der Waals surface area contributed by atoms with Crippen molar-refractivity contribution in [3.05, 3.63) is 24.0 Å². The molecule has 1 atom stereocenters. The summed E-state index contributed by atoms with van der Waals surface area (Å²) in [7, 11) is 1.63. The van der Waals surface area contributed by atoms with E-state index in [1.807, 2.05) is 12.1 Å². The van der Waals surface area contributed by atoms with E-state index in [1.165, 1.54) is 0 Å². The van der Waals surface area contributed by atoms with Gasteiger partial charge in [-0.1, -0.05) is 0 Å². The Kier molecular flexibility index (Phi) is 1.51. The largest absolute Gasteiger partial charge is 0.495 e. The fraction of sp³-hybridized carbons (Fsp3) is 0.375. The molecule has 1 aromatic heterocycles. The fourth-order valence-electron chi connectivity index (χ4n) is 0.922. The second kappa shape index (κ2) is 2.51. The summed E-state index contributed by atoms with van der Waals surface area (Å²) in [4.78, 5) is 4.16. The van der Waals surface area contributed by atoms with Gasteiger partial charge in [-0.3, -0.25) is 4.98 Å². The Hall–Kier alpha value is -1.09. The van der Waals surface area contributed by atoms with E-state index in [0.717, 1.165) is 18.1 Å². The highest BCUT2D eigenvalue weighted by molar-refractivity contribution is 5.21. The van der Waals surface area contributed by atoms with Crippen LogP contribution < -0.4 is 4.74 Å². The second-order valence-electron chi connectivity index (χ2n) is 2.44. The molecular formula is C8H9NO2. The average Bonchev–Trinajstić information content (AvgIpc) is 2.87. The van der Waals surface area contributed by atoms with E-state index in [9.17, 15) is 0 Å². The second-order valence-corrected chi connectivity index (χ2v) is 2.44. The number of aromatic nitrogens is 1. The van der Waals surface area contributed by atoms with E-state index >= 15 is 0 Å². The molecule has 0 aromatic carbocycles. The number of hydrogen-bond donors (Lipinski definition) is 0. The Bertz CT molecular complexity index is 241. The molecule has 1 aromatic rings. The number of rotatable bonds is 2. The normalized spacial score (nSPS) is 21.4. The Balaban J connectivity index is 2.19. The molecule has 0 saturated carbocycles. The molecule has 3 nitrogen and oxygen atoms in total. The van der Waals surface area contributed by atoms with Crippen molar-refractivity contribution in [3.63, 3.8) is 0 Å². The lowest BCUT2D eigenvalue weighted by Gasteiger charge is -1.98. The first-order chi connectivity index (χ1) is 5.40. The first kappa shape index (κ1) is 6.61. The standard InChI is InChI=1S/C8H9NO2/c1-10-6-2-3-7(9-4-6)8-5-11-8/h2-4,8H,5H2,1H3. The molecule has 11 heavy (non-hydrogen) atoms. The van der Waals surface area contributed by atoms with Crippen LogP contribution in [0.2, 0.25) is 0 Å². The topological polar surface area (TPSA) is 34.6 Å². The number of methoxy groups -OCH3 is 1. The summed E-state index contributed by atoms with van der Waals surface area (Å²) in [5, 5.41) is 0. The molecule has 0 spiro atoms. The van der Waals surface area contributed by atoms with Crippen molar-refractivity contribution in [1.82, 2.24) is 4.98 Å². The van der Waals surface area contributed by atoms with Crippen LogP contribution in [0.5, 0.6) is 5.75 Å². The minimum absolute atomic E-state index is 0.237. The van der Waals surface area contributed by atoms with Crippen LogP contribution in [0.25, 0.3) is 0 Å². The van der Waals surface area contributed by atoms with Gasteiger partial charge in [0.05, 0.1) is 25.6 Å². The highest BCUT2D eigenvalue weighted by Gasteiger charge is 2.25. The molecule has 58 valence electrons. The van der Waals surface area contributed by atoms with Gasteiger partial charge >= 0.3 is 0 Å². The molecular weight excluding hydrogens is 142 g/mol. The van der Waals surface area contributed by atoms with Crippen molar-refractivity contribution >= 4 is 0 Å². The Labute approximate surface area is 65.0 Å². The monoisotopic (exact) mass is 151 g/mol. The van der Waals surface area contributed by atoms with Gasteiger partial charge < -0.3 is 9.47 Å². The van der Waals surface area contributed by atoms with Crippen molar-refractivity contribution in [3.8, 4) is 5.75 Å². The first-order valence-corrected chi connectivity index (χ1v) is 3.51. The van der Waals surface area contributed by atoms with Gasteiger partial charge in [0.1, 0.15) is 11.9 Å². The number of ether oxygens (including phenoxy) is 2. The molecule has 0 bridgehead atoms. The molecule has 0 aliphatic carbocycles. The SMILES string of the molecule is COc1ccc(C2CO2)nc1. The van der Waals surface area contributed by atoms with Gasteiger partial charge in [0.15, 0.2) is 0 Å². The highest BCUT2D eigenvalue weighted by atomic mass is 16.6. The Morgan fingerprint density at radius 1 is 1.64 bits per heavy atom. The molecule has 1 saturated heterocycles. The predicted molar refractivity (Wildman–Crippen MR) is 39.5 cm³/mol. The van der Waals surface area contributed by atoms with Crippen molar-refractivity contribution < 1.29 is 9.47 Å². The lowest BCUT2D eigenvalue weighted by Crippen LogP contribution is -1.88. The quantitative estimate of drug-likeness (QED) is 0.595. The van der Waals surface area contributed by atoms with E-state index in [0.29, 0.717) is 0 Å². The van der Waals surface area contributed by atoms with Gasteiger partial charge in [-0.2, -0.15) is 0 Å². The number of epoxide rings is 1. The van der Waals surface area contributed by atoms with Crippen LogP contribution in [-0.4, -0.2) is 18.7 Å². The maximum absolute atomic E-state index is 5.06. The lowest BCUT2D eigenvalue weighted by atomic mass is 10.3. The molecule has 2 heterocycles. The van der Waals surface area contributed by atoms with E-state index in [1.54, 1.807) is 13.3 Å². The van der Waals surface area contributed by atoms with Crippen molar-refractivity contribution in [2.24, 2.45) is 0 Å². The zero-order chi connectivity index (χ0) is 7.68. The summed E-state index contributed by atoms with van der Waals surface area (Å²) < 4.78 is 10.0. The average molecular weight is 151 g/mol. The van der Waals surface area contributed by atoms with Crippen LogP contribution in [0.3, 0.4) is 0 Å². The van der Waals surface area contributed by atoms with Gasteiger partial charge in [-0.25, -0.2) is 0 Å². The molecule has 1 fully saturated rings. The summed E-state index contributed by atoms with van der Waals surface area (Å²) >= 11 is 0. The van der Waals surface area contributed by atoms with Crippen molar-refractivity contribution in [1.29, 1.82) is 0 Å². The van der Waals surface area contributed by atoms with E-state index in [2.05, 4.69) is 4.98 Å². The zero-order valence-electron chi connectivity index (χ0n) is 6.28. The van der Waals surface area contributed by atoms with Gasteiger partial charge in [-0.05, 0) is 12.1 Å². The van der Waals surface area contributed by atoms with Gasteiger partial charge in [0.2, 0.25) is 0 Å². The third kappa shape index (κ3) is 1.33. The smallest absolute Gasteiger partial charge is 0.137 e. The number of pyridine rings is 1.